The number of aromatic nitrogens is 1. The molecule has 0 aliphatic carbocycles. The lowest BCUT2D eigenvalue weighted by molar-refractivity contribution is -0.282. The largest absolute Gasteiger partial charge is 0.462 e. The fourth-order valence-corrected chi connectivity index (χ4v) is 1.60. The molecule has 2 amide bonds. The molecule has 1 aromatic rings. The Morgan fingerprint density at radius 2 is 1.96 bits per heavy atom. The highest BCUT2D eigenvalue weighted by Gasteiger charge is 2.64. The number of anilines is 1. The molecule has 23 heavy (non-hydrogen) atoms. The van der Waals surface area contributed by atoms with Crippen molar-refractivity contribution in [1.29, 1.82) is 0 Å². The Bertz CT molecular complexity index is 560. The first kappa shape index (κ1) is 18.7. The van der Waals surface area contributed by atoms with E-state index >= 15 is 0 Å². The third-order valence-corrected chi connectivity index (χ3v) is 2.48. The first-order valence-corrected chi connectivity index (χ1v) is 6.56. The summed E-state index contributed by atoms with van der Waals surface area (Å²) in [4.78, 5) is 23.5. The van der Waals surface area contributed by atoms with Crippen LogP contribution in [0.15, 0.2) is 10.6 Å². The monoisotopic (exact) mass is 339 g/mol. The van der Waals surface area contributed by atoms with Crippen molar-refractivity contribution in [3.8, 4) is 0 Å². The second-order valence-corrected chi connectivity index (χ2v) is 4.23. The third-order valence-electron chi connectivity index (χ3n) is 2.48. The van der Waals surface area contributed by atoms with E-state index in [-0.39, 0.29) is 12.4 Å². The molecule has 0 aliphatic rings. The standard InChI is InChI=1S/C12H16F3N3O5/c1-4-21-9(19)11(22-5-2,12(13,14)15)17-10(20)16-8-6-7(3)23-18-8/h6H,4-5H2,1-3H3,(H2,16,17,18,20). The highest BCUT2D eigenvalue weighted by Crippen LogP contribution is 2.33. The Kier molecular flexibility index (Phi) is 5.96. The van der Waals surface area contributed by atoms with Crippen molar-refractivity contribution >= 4 is 17.8 Å². The Labute approximate surface area is 129 Å². The van der Waals surface area contributed by atoms with Gasteiger partial charge < -0.3 is 14.0 Å². The maximum atomic E-state index is 13.3. The summed E-state index contributed by atoms with van der Waals surface area (Å²) in [6, 6.07) is -0.0861. The molecule has 1 aromatic heterocycles. The lowest BCUT2D eigenvalue weighted by atomic mass is 10.2. The first-order chi connectivity index (χ1) is 10.7. The third kappa shape index (κ3) is 4.34. The average Bonchev–Trinajstić information content (AvgIpc) is 2.82. The summed E-state index contributed by atoms with van der Waals surface area (Å²) < 4.78 is 53.6. The van der Waals surface area contributed by atoms with Gasteiger partial charge in [0.05, 0.1) is 6.61 Å². The van der Waals surface area contributed by atoms with Gasteiger partial charge in [-0.2, -0.15) is 13.2 Å². The SMILES string of the molecule is CCOC(=O)C(NC(=O)Nc1cc(C)on1)(OCC)C(F)(F)F. The molecule has 2 N–H and O–H groups in total. The summed E-state index contributed by atoms with van der Waals surface area (Å²) >= 11 is 0. The smallest absolute Gasteiger partial charge is 0.448 e. The number of carbonyl (C=O) groups excluding carboxylic acids is 2. The van der Waals surface area contributed by atoms with Crippen LogP contribution in [0.2, 0.25) is 0 Å². The van der Waals surface area contributed by atoms with Gasteiger partial charge in [-0.15, -0.1) is 0 Å². The molecule has 1 heterocycles. The molecule has 8 nitrogen and oxygen atoms in total. The molecule has 1 unspecified atom stereocenters. The Balaban J connectivity index is 3.03. The van der Waals surface area contributed by atoms with E-state index in [0.29, 0.717) is 5.76 Å². The van der Waals surface area contributed by atoms with Crippen LogP contribution in [0, 0.1) is 6.92 Å². The number of hydrogen-bond donors (Lipinski definition) is 2. The van der Waals surface area contributed by atoms with Gasteiger partial charge in [0.25, 0.3) is 0 Å². The molecule has 1 atom stereocenters. The minimum Gasteiger partial charge on any atom is -0.462 e. The van der Waals surface area contributed by atoms with Crippen LogP contribution in [0.1, 0.15) is 19.6 Å². The molecule has 0 aliphatic heterocycles. The number of esters is 1. The Morgan fingerprint density at radius 1 is 1.30 bits per heavy atom. The van der Waals surface area contributed by atoms with E-state index in [1.54, 1.807) is 0 Å². The summed E-state index contributed by atoms with van der Waals surface area (Å²) in [5, 5.41) is 6.85. The minimum absolute atomic E-state index is 0.128. The van der Waals surface area contributed by atoms with Crippen molar-refractivity contribution in [1.82, 2.24) is 10.5 Å². The van der Waals surface area contributed by atoms with Crippen LogP contribution in [0.25, 0.3) is 0 Å². The molecule has 0 fully saturated rings. The number of nitrogens with zero attached hydrogens (tertiary/aromatic N) is 1. The van der Waals surface area contributed by atoms with Gasteiger partial charge in [-0.3, -0.25) is 10.6 Å². The predicted octanol–water partition coefficient (Wildman–Crippen LogP) is 1.96. The molecule has 11 heteroatoms. The lowest BCUT2D eigenvalue weighted by Gasteiger charge is -2.33. The molecule has 0 aromatic carbocycles. The zero-order valence-electron chi connectivity index (χ0n) is 12.6. The summed E-state index contributed by atoms with van der Waals surface area (Å²) in [6.45, 7) is 3.26. The lowest BCUT2D eigenvalue weighted by Crippen LogP contribution is -2.67. The van der Waals surface area contributed by atoms with E-state index in [1.165, 1.54) is 32.2 Å². The fraction of sp³-hybridized carbons (Fsp3) is 0.583. The van der Waals surface area contributed by atoms with Crippen LogP contribution in [0.4, 0.5) is 23.8 Å². The molecule has 0 bridgehead atoms. The zero-order chi connectivity index (χ0) is 17.7. The normalized spacial score (nSPS) is 14.0. The summed E-state index contributed by atoms with van der Waals surface area (Å²) in [6.07, 6.45) is -5.24. The van der Waals surface area contributed by atoms with Gasteiger partial charge in [-0.05, 0) is 20.8 Å². The van der Waals surface area contributed by atoms with Crippen molar-refractivity contribution in [2.45, 2.75) is 32.7 Å². The zero-order valence-corrected chi connectivity index (χ0v) is 12.6. The van der Waals surface area contributed by atoms with Crippen LogP contribution in [-0.2, 0) is 14.3 Å². The highest BCUT2D eigenvalue weighted by molar-refractivity contribution is 5.93. The van der Waals surface area contributed by atoms with E-state index in [0.717, 1.165) is 0 Å². The first-order valence-electron chi connectivity index (χ1n) is 6.56. The van der Waals surface area contributed by atoms with Crippen molar-refractivity contribution < 1.29 is 36.8 Å². The predicted molar refractivity (Wildman–Crippen MR) is 70.4 cm³/mol. The Morgan fingerprint density at radius 3 is 2.39 bits per heavy atom. The molecule has 0 spiro atoms. The highest BCUT2D eigenvalue weighted by atomic mass is 19.4. The fourth-order valence-electron chi connectivity index (χ4n) is 1.60. The second-order valence-electron chi connectivity index (χ2n) is 4.23. The van der Waals surface area contributed by atoms with Gasteiger partial charge in [0.2, 0.25) is 0 Å². The van der Waals surface area contributed by atoms with Crippen LogP contribution in [-0.4, -0.2) is 42.3 Å². The van der Waals surface area contributed by atoms with E-state index in [2.05, 4.69) is 19.2 Å². The van der Waals surface area contributed by atoms with Gasteiger partial charge in [-0.1, -0.05) is 5.16 Å². The molecule has 0 saturated carbocycles. The van der Waals surface area contributed by atoms with Crippen molar-refractivity contribution in [3.05, 3.63) is 11.8 Å². The van der Waals surface area contributed by atoms with Gasteiger partial charge >= 0.3 is 23.9 Å². The number of alkyl halides is 3. The number of amides is 2. The summed E-state index contributed by atoms with van der Waals surface area (Å²) in [5.74, 6) is -1.57. The van der Waals surface area contributed by atoms with Gasteiger partial charge in [-0.25, -0.2) is 9.59 Å². The van der Waals surface area contributed by atoms with E-state index in [1.807, 2.05) is 5.32 Å². The number of rotatable bonds is 6. The number of ether oxygens (including phenoxy) is 2. The minimum atomic E-state index is -5.24. The summed E-state index contributed by atoms with van der Waals surface area (Å²) in [5.41, 5.74) is -3.62. The number of hydrogen-bond acceptors (Lipinski definition) is 6. The maximum Gasteiger partial charge on any atom is 0.448 e. The van der Waals surface area contributed by atoms with Crippen LogP contribution in [0.5, 0.6) is 0 Å². The van der Waals surface area contributed by atoms with E-state index in [4.69, 9.17) is 0 Å². The van der Waals surface area contributed by atoms with E-state index < -0.39 is 30.5 Å². The number of nitrogens with one attached hydrogen (secondary N) is 2. The number of carbonyl (C=O) groups is 2. The summed E-state index contributed by atoms with van der Waals surface area (Å²) in [7, 11) is 0. The van der Waals surface area contributed by atoms with Gasteiger partial charge in [0.1, 0.15) is 5.76 Å². The van der Waals surface area contributed by atoms with Crippen molar-refractivity contribution in [2.24, 2.45) is 0 Å². The molecular formula is C12H16F3N3O5. The quantitative estimate of drug-likeness (QED) is 0.607. The van der Waals surface area contributed by atoms with Crippen molar-refractivity contribution in [3.63, 3.8) is 0 Å². The number of aryl methyl sites for hydroxylation is 1. The Hall–Kier alpha value is -2.30. The topological polar surface area (TPSA) is 103 Å². The molecule has 0 saturated heterocycles. The van der Waals surface area contributed by atoms with Crippen molar-refractivity contribution in [2.75, 3.05) is 18.5 Å². The van der Waals surface area contributed by atoms with Gasteiger partial charge in [0, 0.05) is 12.7 Å². The molecule has 130 valence electrons. The second kappa shape index (κ2) is 7.31. The van der Waals surface area contributed by atoms with Gasteiger partial charge in [0.15, 0.2) is 5.82 Å². The number of halogens is 3. The molecule has 0 radical (unpaired) electrons. The average molecular weight is 339 g/mol. The van der Waals surface area contributed by atoms with E-state index in [9.17, 15) is 22.8 Å². The molecule has 1 rings (SSSR count). The maximum absolute atomic E-state index is 13.3. The van der Waals surface area contributed by atoms with Crippen LogP contribution in [0.3, 0.4) is 0 Å². The van der Waals surface area contributed by atoms with Crippen LogP contribution >= 0.6 is 0 Å². The number of urea groups is 1. The van der Waals surface area contributed by atoms with Crippen LogP contribution < -0.4 is 10.6 Å². The molecular weight excluding hydrogens is 323 g/mol.